The summed E-state index contributed by atoms with van der Waals surface area (Å²) in [5, 5.41) is 0. The number of carbonyl (C=O) groups excluding carboxylic acids is 2. The van der Waals surface area contributed by atoms with Crippen molar-refractivity contribution in [3.8, 4) is 0 Å². The van der Waals surface area contributed by atoms with Crippen molar-refractivity contribution in [3.63, 3.8) is 0 Å². The van der Waals surface area contributed by atoms with Crippen LogP contribution < -0.4 is 9.80 Å². The van der Waals surface area contributed by atoms with Gasteiger partial charge in [0.2, 0.25) is 0 Å². The van der Waals surface area contributed by atoms with Gasteiger partial charge in [0.25, 0.3) is 11.8 Å². The second-order valence-corrected chi connectivity index (χ2v) is 6.45. The minimum Gasteiger partial charge on any atom is -0.343 e. The number of carbonyl (C=O) groups is 2. The summed E-state index contributed by atoms with van der Waals surface area (Å²) in [6, 6.07) is 14.5. The van der Waals surface area contributed by atoms with Gasteiger partial charge in [-0.2, -0.15) is 0 Å². The van der Waals surface area contributed by atoms with E-state index in [-0.39, 0.29) is 23.9 Å². The number of amides is 2. The SMILES string of the molecule is Cc1ccc(N2C(=O)C3C(C2=O)N3c2ccccc2)c(Br)c1. The predicted molar refractivity (Wildman–Crippen MR) is 87.9 cm³/mol. The Hall–Kier alpha value is -2.14. The van der Waals surface area contributed by atoms with E-state index in [0.29, 0.717) is 5.69 Å². The van der Waals surface area contributed by atoms with Gasteiger partial charge in [-0.05, 0) is 52.7 Å². The van der Waals surface area contributed by atoms with Gasteiger partial charge in [-0.15, -0.1) is 0 Å². The van der Waals surface area contributed by atoms with Crippen LogP contribution in [0.2, 0.25) is 0 Å². The van der Waals surface area contributed by atoms with Crippen LogP contribution in [0, 0.1) is 6.92 Å². The number of hydrogen-bond donors (Lipinski definition) is 0. The van der Waals surface area contributed by atoms with Crippen molar-refractivity contribution in [3.05, 3.63) is 58.6 Å². The molecule has 0 radical (unpaired) electrons. The first kappa shape index (κ1) is 13.5. The number of anilines is 2. The number of nitrogens with zero attached hydrogens (tertiary/aromatic N) is 2. The maximum absolute atomic E-state index is 12.6. The number of hydrogen-bond acceptors (Lipinski definition) is 3. The summed E-state index contributed by atoms with van der Waals surface area (Å²) in [7, 11) is 0. The van der Waals surface area contributed by atoms with Crippen molar-refractivity contribution in [1.82, 2.24) is 0 Å². The molecule has 2 heterocycles. The Morgan fingerprint density at radius 3 is 2.18 bits per heavy atom. The lowest BCUT2D eigenvalue weighted by Crippen LogP contribution is -2.39. The molecule has 2 aliphatic heterocycles. The van der Waals surface area contributed by atoms with Gasteiger partial charge < -0.3 is 4.90 Å². The lowest BCUT2D eigenvalue weighted by Gasteiger charge is -2.21. The molecule has 5 heteroatoms. The van der Waals surface area contributed by atoms with Crippen LogP contribution in [0.3, 0.4) is 0 Å². The van der Waals surface area contributed by atoms with E-state index in [1.165, 1.54) is 4.90 Å². The Balaban J connectivity index is 1.66. The van der Waals surface area contributed by atoms with Crippen LogP contribution in [0.5, 0.6) is 0 Å². The largest absolute Gasteiger partial charge is 0.343 e. The number of imide groups is 1. The summed E-state index contributed by atoms with van der Waals surface area (Å²) in [5.41, 5.74) is 2.62. The molecule has 110 valence electrons. The zero-order valence-corrected chi connectivity index (χ0v) is 13.4. The molecule has 2 aliphatic rings. The van der Waals surface area contributed by atoms with Crippen LogP contribution in [0.25, 0.3) is 0 Å². The molecule has 2 saturated heterocycles. The molecule has 0 N–H and O–H groups in total. The number of rotatable bonds is 2. The van der Waals surface area contributed by atoms with Gasteiger partial charge in [0, 0.05) is 10.2 Å². The average Bonchev–Trinajstić information content (AvgIpc) is 3.20. The highest BCUT2D eigenvalue weighted by Crippen LogP contribution is 2.44. The van der Waals surface area contributed by atoms with Crippen LogP contribution in [0.15, 0.2) is 53.0 Å². The fourth-order valence-electron chi connectivity index (χ4n) is 3.06. The maximum atomic E-state index is 12.6. The first-order valence-corrected chi connectivity index (χ1v) is 7.86. The number of para-hydroxylation sites is 1. The van der Waals surface area contributed by atoms with E-state index >= 15 is 0 Å². The monoisotopic (exact) mass is 356 g/mol. The van der Waals surface area contributed by atoms with E-state index < -0.39 is 0 Å². The Kier molecular flexibility index (Phi) is 2.87. The quantitative estimate of drug-likeness (QED) is 0.613. The third-order valence-electron chi connectivity index (χ3n) is 4.15. The number of fused-ring (bicyclic) bond motifs is 1. The highest BCUT2D eigenvalue weighted by Gasteiger charge is 2.66. The van der Waals surface area contributed by atoms with E-state index in [0.717, 1.165) is 15.7 Å². The van der Waals surface area contributed by atoms with Gasteiger partial charge in [0.1, 0.15) is 12.1 Å². The Bertz CT molecular complexity index is 769. The second kappa shape index (κ2) is 4.68. The smallest absolute Gasteiger partial charge is 0.259 e. The van der Waals surface area contributed by atoms with Crippen LogP contribution >= 0.6 is 15.9 Å². The highest BCUT2D eigenvalue weighted by atomic mass is 79.9. The van der Waals surface area contributed by atoms with Crippen molar-refractivity contribution < 1.29 is 9.59 Å². The molecule has 0 saturated carbocycles. The van der Waals surface area contributed by atoms with Gasteiger partial charge in [-0.1, -0.05) is 24.3 Å². The van der Waals surface area contributed by atoms with Crippen molar-refractivity contribution in [2.45, 2.75) is 19.0 Å². The lowest BCUT2D eigenvalue weighted by molar-refractivity contribution is -0.122. The predicted octanol–water partition coefficient (Wildman–Crippen LogP) is 2.89. The zero-order valence-electron chi connectivity index (χ0n) is 11.9. The standard InChI is InChI=1S/C17H13BrN2O2/c1-10-7-8-13(12(18)9-10)20-16(21)14-15(17(20)22)19(14)11-5-3-2-4-6-11/h2-9,14-15H,1H3. The van der Waals surface area contributed by atoms with Gasteiger partial charge in [0.15, 0.2) is 0 Å². The average molecular weight is 357 g/mol. The Morgan fingerprint density at radius 2 is 1.59 bits per heavy atom. The van der Waals surface area contributed by atoms with Crippen molar-refractivity contribution in [2.24, 2.45) is 0 Å². The van der Waals surface area contributed by atoms with Crippen LogP contribution in [-0.4, -0.2) is 23.9 Å². The van der Waals surface area contributed by atoms with E-state index in [4.69, 9.17) is 0 Å². The minimum absolute atomic E-state index is 0.150. The van der Waals surface area contributed by atoms with Gasteiger partial charge in [-0.25, -0.2) is 4.90 Å². The van der Waals surface area contributed by atoms with E-state index in [2.05, 4.69) is 15.9 Å². The summed E-state index contributed by atoms with van der Waals surface area (Å²) in [6.07, 6.45) is 0. The lowest BCUT2D eigenvalue weighted by atomic mass is 10.2. The number of aryl methyl sites for hydroxylation is 1. The third-order valence-corrected chi connectivity index (χ3v) is 4.79. The fourth-order valence-corrected chi connectivity index (χ4v) is 3.74. The fraction of sp³-hybridized carbons (Fsp3) is 0.176. The van der Waals surface area contributed by atoms with Crippen LogP contribution in [0.1, 0.15) is 5.56 Å². The molecule has 4 nitrogen and oxygen atoms in total. The molecule has 2 aromatic carbocycles. The summed E-state index contributed by atoms with van der Waals surface area (Å²) in [4.78, 5) is 28.4. The molecular weight excluding hydrogens is 344 g/mol. The first-order valence-electron chi connectivity index (χ1n) is 7.07. The molecule has 0 aliphatic carbocycles. The van der Waals surface area contributed by atoms with Crippen molar-refractivity contribution in [2.75, 3.05) is 9.80 Å². The second-order valence-electron chi connectivity index (χ2n) is 5.60. The number of piperazine rings is 1. The molecular formula is C17H13BrN2O2. The maximum Gasteiger partial charge on any atom is 0.259 e. The number of benzene rings is 2. The molecule has 2 unspecified atom stereocenters. The third kappa shape index (κ3) is 1.82. The summed E-state index contributed by atoms with van der Waals surface area (Å²) < 4.78 is 0.766. The molecule has 2 atom stereocenters. The topological polar surface area (TPSA) is 40.4 Å². The molecule has 2 fully saturated rings. The molecule has 0 bridgehead atoms. The van der Waals surface area contributed by atoms with E-state index in [9.17, 15) is 9.59 Å². The Labute approximate surface area is 136 Å². The van der Waals surface area contributed by atoms with Gasteiger partial charge >= 0.3 is 0 Å². The van der Waals surface area contributed by atoms with Crippen molar-refractivity contribution in [1.29, 1.82) is 0 Å². The molecule has 0 spiro atoms. The van der Waals surface area contributed by atoms with E-state index in [1.54, 1.807) is 0 Å². The summed E-state index contributed by atoms with van der Waals surface area (Å²) in [5.74, 6) is -0.299. The highest BCUT2D eigenvalue weighted by molar-refractivity contribution is 9.10. The van der Waals surface area contributed by atoms with Gasteiger partial charge in [-0.3, -0.25) is 9.59 Å². The summed E-state index contributed by atoms with van der Waals surface area (Å²) >= 11 is 3.45. The molecule has 4 rings (SSSR count). The molecule has 0 aromatic heterocycles. The summed E-state index contributed by atoms with van der Waals surface area (Å²) in [6.45, 7) is 1.97. The minimum atomic E-state index is -0.358. The van der Waals surface area contributed by atoms with Gasteiger partial charge in [0.05, 0.1) is 5.69 Å². The molecule has 2 amide bonds. The molecule has 2 aromatic rings. The Morgan fingerprint density at radius 1 is 0.955 bits per heavy atom. The number of halogens is 1. The van der Waals surface area contributed by atoms with Crippen molar-refractivity contribution >= 4 is 39.1 Å². The van der Waals surface area contributed by atoms with Crippen LogP contribution in [-0.2, 0) is 9.59 Å². The zero-order chi connectivity index (χ0) is 15.4. The van der Waals surface area contributed by atoms with Crippen LogP contribution in [0.4, 0.5) is 11.4 Å². The molecule has 22 heavy (non-hydrogen) atoms. The first-order chi connectivity index (χ1) is 10.6. The van der Waals surface area contributed by atoms with E-state index in [1.807, 2.05) is 60.4 Å². The normalized spacial score (nSPS) is 23.0.